The second-order valence-corrected chi connectivity index (χ2v) is 4.06. The summed E-state index contributed by atoms with van der Waals surface area (Å²) in [7, 11) is 1.35. The highest BCUT2D eigenvalue weighted by atomic mass is 19.4. The largest absolute Gasteiger partial charge is 0.431 e. The number of halogens is 3. The molecule has 8 heteroatoms. The maximum Gasteiger partial charge on any atom is 0.431 e. The number of nitrogens with zero attached hydrogens (tertiary/aromatic N) is 1. The summed E-state index contributed by atoms with van der Waals surface area (Å²) in [6.07, 6.45) is -4.68. The predicted octanol–water partition coefficient (Wildman–Crippen LogP) is 0.847. The van der Waals surface area contributed by atoms with Crippen molar-refractivity contribution in [2.45, 2.75) is 19.1 Å². The van der Waals surface area contributed by atoms with Gasteiger partial charge < -0.3 is 15.0 Å². The van der Waals surface area contributed by atoms with Crippen LogP contribution < -0.4 is 5.56 Å². The molecule has 19 heavy (non-hydrogen) atoms. The molecule has 106 valence electrons. The van der Waals surface area contributed by atoms with Gasteiger partial charge in [0.2, 0.25) is 0 Å². The van der Waals surface area contributed by atoms with Gasteiger partial charge in [-0.15, -0.1) is 0 Å². The van der Waals surface area contributed by atoms with Gasteiger partial charge in [-0.05, 0) is 19.1 Å². The lowest BCUT2D eigenvalue weighted by Gasteiger charge is -2.22. The van der Waals surface area contributed by atoms with Crippen LogP contribution in [0.5, 0.6) is 0 Å². The number of nitrogens with one attached hydrogen (secondary N) is 1. The molecule has 1 amide bonds. The molecule has 2 N–H and O–H groups in total. The average Bonchev–Trinajstić information content (AvgIpc) is 2.34. The second-order valence-electron chi connectivity index (χ2n) is 4.06. The summed E-state index contributed by atoms with van der Waals surface area (Å²) >= 11 is 0. The van der Waals surface area contributed by atoms with Gasteiger partial charge in [-0.25, -0.2) is 0 Å². The van der Waals surface area contributed by atoms with E-state index in [-0.39, 0.29) is 6.61 Å². The fourth-order valence-electron chi connectivity index (χ4n) is 1.32. The summed E-state index contributed by atoms with van der Waals surface area (Å²) in [6.45, 7) is 1.22. The molecule has 0 saturated heterocycles. The molecule has 5 nitrogen and oxygen atoms in total. The SMILES string of the molecule is CC(CO)N(C)C(=O)c1ccc(C(F)(F)F)[nH]c1=O. The Morgan fingerprint density at radius 2 is 2.05 bits per heavy atom. The highest BCUT2D eigenvalue weighted by Crippen LogP contribution is 2.26. The molecule has 0 aliphatic heterocycles. The van der Waals surface area contributed by atoms with Crippen molar-refractivity contribution in [3.63, 3.8) is 0 Å². The predicted molar refractivity (Wildman–Crippen MR) is 60.7 cm³/mol. The van der Waals surface area contributed by atoms with Crippen molar-refractivity contribution in [1.29, 1.82) is 0 Å². The number of likely N-dealkylation sites (N-methyl/N-ethyl adjacent to an activating group) is 1. The third-order valence-corrected chi connectivity index (χ3v) is 2.69. The minimum atomic E-state index is -4.68. The van der Waals surface area contributed by atoms with Crippen LogP contribution in [-0.2, 0) is 6.18 Å². The maximum atomic E-state index is 12.3. The Balaban J connectivity index is 3.11. The Morgan fingerprint density at radius 1 is 1.47 bits per heavy atom. The monoisotopic (exact) mass is 278 g/mol. The zero-order valence-electron chi connectivity index (χ0n) is 10.3. The first kappa shape index (κ1) is 15.2. The number of rotatable bonds is 3. The van der Waals surface area contributed by atoms with E-state index in [2.05, 4.69) is 0 Å². The number of hydrogen-bond acceptors (Lipinski definition) is 3. The van der Waals surface area contributed by atoms with E-state index in [4.69, 9.17) is 5.11 Å². The molecule has 1 unspecified atom stereocenters. The van der Waals surface area contributed by atoms with Crippen LogP contribution >= 0.6 is 0 Å². The van der Waals surface area contributed by atoms with E-state index >= 15 is 0 Å². The van der Waals surface area contributed by atoms with Gasteiger partial charge in [-0.1, -0.05) is 0 Å². The van der Waals surface area contributed by atoms with Gasteiger partial charge in [-0.3, -0.25) is 9.59 Å². The highest BCUT2D eigenvalue weighted by molar-refractivity contribution is 5.93. The second kappa shape index (κ2) is 5.43. The van der Waals surface area contributed by atoms with Crippen LogP contribution in [0.2, 0.25) is 0 Å². The quantitative estimate of drug-likeness (QED) is 0.860. The summed E-state index contributed by atoms with van der Waals surface area (Å²) in [5, 5.41) is 8.89. The lowest BCUT2D eigenvalue weighted by atomic mass is 10.2. The number of alkyl halides is 3. The van der Waals surface area contributed by atoms with Gasteiger partial charge in [0.05, 0.1) is 12.6 Å². The van der Waals surface area contributed by atoms with Crippen molar-refractivity contribution in [1.82, 2.24) is 9.88 Å². The number of amides is 1. The molecular formula is C11H13F3N2O3. The Bertz CT molecular complexity index is 525. The number of hydrogen-bond donors (Lipinski definition) is 2. The Hall–Kier alpha value is -1.83. The van der Waals surface area contributed by atoms with E-state index in [9.17, 15) is 22.8 Å². The average molecular weight is 278 g/mol. The van der Waals surface area contributed by atoms with E-state index < -0.39 is 34.9 Å². The molecule has 0 fully saturated rings. The number of aliphatic hydroxyl groups excluding tert-OH is 1. The molecule has 0 aliphatic rings. The molecule has 1 heterocycles. The van der Waals surface area contributed by atoms with E-state index in [1.807, 2.05) is 0 Å². The van der Waals surface area contributed by atoms with Crippen molar-refractivity contribution in [3.05, 3.63) is 33.7 Å². The number of H-pyrrole nitrogens is 1. The van der Waals surface area contributed by atoms with Crippen LogP contribution in [0.4, 0.5) is 13.2 Å². The van der Waals surface area contributed by atoms with Crippen LogP contribution in [0.1, 0.15) is 23.0 Å². The number of carbonyl (C=O) groups excluding carboxylic acids is 1. The summed E-state index contributed by atoms with van der Waals surface area (Å²) in [4.78, 5) is 26.0. The van der Waals surface area contributed by atoms with Crippen molar-refractivity contribution in [2.75, 3.05) is 13.7 Å². The fraction of sp³-hybridized carbons (Fsp3) is 0.455. The Morgan fingerprint density at radius 3 is 2.47 bits per heavy atom. The number of aromatic amines is 1. The van der Waals surface area contributed by atoms with Crippen LogP contribution in [0.25, 0.3) is 0 Å². The van der Waals surface area contributed by atoms with Crippen molar-refractivity contribution < 1.29 is 23.1 Å². The lowest BCUT2D eigenvalue weighted by molar-refractivity contribution is -0.141. The minimum Gasteiger partial charge on any atom is -0.394 e. The molecule has 0 saturated carbocycles. The molecule has 0 spiro atoms. The zero-order valence-corrected chi connectivity index (χ0v) is 10.3. The number of aromatic nitrogens is 1. The lowest BCUT2D eigenvalue weighted by Crippen LogP contribution is -2.40. The van der Waals surface area contributed by atoms with Gasteiger partial charge in [0, 0.05) is 7.05 Å². The molecule has 0 aliphatic carbocycles. The zero-order chi connectivity index (χ0) is 14.8. The van der Waals surface area contributed by atoms with Gasteiger partial charge in [0.25, 0.3) is 11.5 Å². The molecule has 0 aromatic carbocycles. The molecule has 1 rings (SSSR count). The summed E-state index contributed by atoms with van der Waals surface area (Å²) < 4.78 is 37.0. The van der Waals surface area contributed by atoms with Gasteiger partial charge in [0.1, 0.15) is 11.3 Å². The first-order chi connectivity index (χ1) is 8.68. The third-order valence-electron chi connectivity index (χ3n) is 2.69. The topological polar surface area (TPSA) is 73.4 Å². The van der Waals surface area contributed by atoms with Crippen molar-refractivity contribution in [3.8, 4) is 0 Å². The minimum absolute atomic E-state index is 0.319. The number of aliphatic hydroxyl groups is 1. The van der Waals surface area contributed by atoms with Crippen LogP contribution in [0, 0.1) is 0 Å². The standard InChI is InChI=1S/C11H13F3N2O3/c1-6(5-17)16(2)10(19)7-3-4-8(11(12,13)14)15-9(7)18/h3-4,6,17H,5H2,1-2H3,(H,15,18). The first-order valence-corrected chi connectivity index (χ1v) is 5.37. The van der Waals surface area contributed by atoms with Gasteiger partial charge >= 0.3 is 6.18 Å². The molecule has 0 radical (unpaired) electrons. The summed E-state index contributed by atoms with van der Waals surface area (Å²) in [6, 6.07) is 0.908. The van der Waals surface area contributed by atoms with Crippen molar-refractivity contribution in [2.24, 2.45) is 0 Å². The van der Waals surface area contributed by atoms with E-state index in [0.717, 1.165) is 11.0 Å². The molecule has 1 aromatic rings. The van der Waals surface area contributed by atoms with Crippen LogP contribution in [0.3, 0.4) is 0 Å². The maximum absolute atomic E-state index is 12.3. The first-order valence-electron chi connectivity index (χ1n) is 5.37. The van der Waals surface area contributed by atoms with E-state index in [1.165, 1.54) is 14.0 Å². The highest BCUT2D eigenvalue weighted by Gasteiger charge is 2.32. The smallest absolute Gasteiger partial charge is 0.394 e. The van der Waals surface area contributed by atoms with E-state index in [1.54, 1.807) is 4.98 Å². The molecular weight excluding hydrogens is 265 g/mol. The normalized spacial score (nSPS) is 13.2. The van der Waals surface area contributed by atoms with E-state index in [0.29, 0.717) is 6.07 Å². The van der Waals surface area contributed by atoms with Gasteiger partial charge in [0.15, 0.2) is 0 Å². The summed E-state index contributed by atoms with van der Waals surface area (Å²) in [5.74, 6) is -0.753. The molecule has 1 aromatic heterocycles. The van der Waals surface area contributed by atoms with Crippen molar-refractivity contribution >= 4 is 5.91 Å². The molecule has 0 bridgehead atoms. The van der Waals surface area contributed by atoms with Crippen LogP contribution in [0.15, 0.2) is 16.9 Å². The Labute approximate surface area is 106 Å². The van der Waals surface area contributed by atoms with Crippen LogP contribution in [-0.4, -0.2) is 40.6 Å². The number of pyridine rings is 1. The molecule has 1 atom stereocenters. The number of carbonyl (C=O) groups is 1. The Kier molecular flexibility index (Phi) is 4.35. The summed E-state index contributed by atoms with van der Waals surface area (Å²) in [5.41, 5.74) is -2.74. The third kappa shape index (κ3) is 3.34. The fourth-order valence-corrected chi connectivity index (χ4v) is 1.32. The van der Waals surface area contributed by atoms with Gasteiger partial charge in [-0.2, -0.15) is 13.2 Å².